The van der Waals surface area contributed by atoms with Gasteiger partial charge in [0.1, 0.15) is 17.3 Å². The fourth-order valence-electron chi connectivity index (χ4n) is 2.56. The molecule has 0 spiro atoms. The molecule has 130 valence electrons. The Bertz CT molecular complexity index is 308. The lowest BCUT2D eigenvalue weighted by Crippen LogP contribution is -1.93. The summed E-state index contributed by atoms with van der Waals surface area (Å²) in [6.45, 7) is 3.84. The summed E-state index contributed by atoms with van der Waals surface area (Å²) >= 11 is 0. The number of carbonyl (C=O) groups is 1. The molecule has 0 aliphatic carbocycles. The van der Waals surface area contributed by atoms with Crippen LogP contribution in [-0.2, 0) is 4.79 Å². The van der Waals surface area contributed by atoms with Crippen LogP contribution in [0.1, 0.15) is 104 Å². The number of Topliss-reactive ketones (excluding diaryl/α,β-unsaturated/α-hetero) is 1. The van der Waals surface area contributed by atoms with E-state index < -0.39 is 0 Å². The van der Waals surface area contributed by atoms with Gasteiger partial charge in [0.2, 0.25) is 0 Å². The zero-order valence-corrected chi connectivity index (χ0v) is 14.7. The minimum Gasteiger partial charge on any atom is -0.509 e. The summed E-state index contributed by atoms with van der Waals surface area (Å²) in [6, 6.07) is 0. The maximum Gasteiger partial charge on any atom is 0.129 e. The van der Waals surface area contributed by atoms with Crippen LogP contribution in [0.25, 0.3) is 0 Å². The van der Waals surface area contributed by atoms with Crippen molar-refractivity contribution in [1.29, 1.82) is 0 Å². The third kappa shape index (κ3) is 14.0. The van der Waals surface area contributed by atoms with E-state index >= 15 is 0 Å². The number of allylic oxidation sites excluding steroid dienone is 2. The zero-order chi connectivity index (χ0) is 16.6. The van der Waals surface area contributed by atoms with Crippen molar-refractivity contribution in [2.75, 3.05) is 0 Å². The number of hydrogen-bond acceptors (Lipinski definition) is 3. The molecule has 3 heteroatoms. The van der Waals surface area contributed by atoms with Gasteiger partial charge in [0.25, 0.3) is 0 Å². The van der Waals surface area contributed by atoms with Gasteiger partial charge in [0.15, 0.2) is 0 Å². The lowest BCUT2D eigenvalue weighted by atomic mass is 10.1. The highest BCUT2D eigenvalue weighted by molar-refractivity contribution is 5.75. The Morgan fingerprint density at radius 3 is 1.41 bits per heavy atom. The minimum absolute atomic E-state index is 0.178. The maximum atomic E-state index is 10.8. The maximum absolute atomic E-state index is 10.8. The normalized spacial score (nSPS) is 12.3. The summed E-state index contributed by atoms with van der Waals surface area (Å²) in [6.07, 6.45) is 14.1. The van der Waals surface area contributed by atoms with Crippen LogP contribution in [0.15, 0.2) is 11.5 Å². The van der Waals surface area contributed by atoms with E-state index in [1.807, 2.05) is 0 Å². The number of aliphatic hydroxyl groups is 2. The summed E-state index contributed by atoms with van der Waals surface area (Å²) in [5.74, 6) is 0.629. The molecule has 0 rings (SSSR count). The molecule has 0 bridgehead atoms. The van der Waals surface area contributed by atoms with E-state index in [0.717, 1.165) is 44.9 Å². The van der Waals surface area contributed by atoms with E-state index in [1.165, 1.54) is 25.7 Å². The Labute approximate surface area is 136 Å². The van der Waals surface area contributed by atoms with Gasteiger partial charge < -0.3 is 15.0 Å². The van der Waals surface area contributed by atoms with E-state index in [9.17, 15) is 15.0 Å². The van der Waals surface area contributed by atoms with Gasteiger partial charge in [-0.3, -0.25) is 0 Å². The summed E-state index contributed by atoms with van der Waals surface area (Å²) in [7, 11) is 0. The third-order valence-corrected chi connectivity index (χ3v) is 4.04. The van der Waals surface area contributed by atoms with Crippen LogP contribution in [0.5, 0.6) is 0 Å². The first kappa shape index (κ1) is 21.0. The summed E-state index contributed by atoms with van der Waals surface area (Å²) < 4.78 is 0. The van der Waals surface area contributed by atoms with Crippen molar-refractivity contribution in [2.45, 2.75) is 104 Å². The van der Waals surface area contributed by atoms with Gasteiger partial charge in [-0.05, 0) is 26.2 Å². The molecule has 0 aromatic rings. The van der Waals surface area contributed by atoms with Crippen molar-refractivity contribution < 1.29 is 15.0 Å². The van der Waals surface area contributed by atoms with Crippen molar-refractivity contribution in [3.05, 3.63) is 11.5 Å². The highest BCUT2D eigenvalue weighted by atomic mass is 16.3. The molecule has 0 saturated carbocycles. The van der Waals surface area contributed by atoms with Gasteiger partial charge in [-0.15, -0.1) is 0 Å². The first-order valence-corrected chi connectivity index (χ1v) is 9.17. The molecule has 0 saturated heterocycles. The first-order valence-electron chi connectivity index (χ1n) is 9.17. The fourth-order valence-corrected chi connectivity index (χ4v) is 2.56. The average molecular weight is 312 g/mol. The standard InChI is InChI=1S/C19H36O3/c1-3-4-5-6-9-12-15-18(21)19(22)16-13-10-7-8-11-14-17(2)20/h21-22H,3-16H2,1-2H3/b19-18-. The fraction of sp³-hybridized carbons (Fsp3) is 0.842. The number of rotatable bonds is 15. The van der Waals surface area contributed by atoms with Crippen molar-refractivity contribution in [3.63, 3.8) is 0 Å². The van der Waals surface area contributed by atoms with Crippen molar-refractivity contribution in [1.82, 2.24) is 0 Å². The molecular weight excluding hydrogens is 276 g/mol. The number of hydrogen-bond donors (Lipinski definition) is 2. The van der Waals surface area contributed by atoms with Crippen LogP contribution in [0.3, 0.4) is 0 Å². The molecule has 0 aromatic heterocycles. The highest BCUT2D eigenvalue weighted by Gasteiger charge is 2.04. The topological polar surface area (TPSA) is 57.5 Å². The SMILES string of the molecule is CCCCCCCC/C(O)=C(/O)CCCCCCCC(C)=O. The molecule has 0 heterocycles. The number of ketones is 1. The summed E-state index contributed by atoms with van der Waals surface area (Å²) in [5.41, 5.74) is 0. The smallest absolute Gasteiger partial charge is 0.129 e. The van der Waals surface area contributed by atoms with Gasteiger partial charge >= 0.3 is 0 Å². The molecule has 0 amide bonds. The lowest BCUT2D eigenvalue weighted by Gasteiger charge is -2.06. The molecule has 0 fully saturated rings. The Morgan fingerprint density at radius 2 is 1.00 bits per heavy atom. The summed E-state index contributed by atoms with van der Waals surface area (Å²) in [5, 5.41) is 19.6. The minimum atomic E-state index is 0.178. The van der Waals surface area contributed by atoms with Gasteiger partial charge in [-0.2, -0.15) is 0 Å². The van der Waals surface area contributed by atoms with Gasteiger partial charge in [0, 0.05) is 19.3 Å². The molecule has 0 atom stereocenters. The number of carbonyl (C=O) groups excluding carboxylic acids is 1. The van der Waals surface area contributed by atoms with Crippen molar-refractivity contribution in [2.24, 2.45) is 0 Å². The van der Waals surface area contributed by atoms with E-state index in [2.05, 4.69) is 6.92 Å². The second-order valence-electron chi connectivity index (χ2n) is 6.38. The van der Waals surface area contributed by atoms with E-state index in [4.69, 9.17) is 0 Å². The molecule has 3 nitrogen and oxygen atoms in total. The molecule has 22 heavy (non-hydrogen) atoms. The highest BCUT2D eigenvalue weighted by Crippen LogP contribution is 2.16. The van der Waals surface area contributed by atoms with Crippen LogP contribution in [-0.4, -0.2) is 16.0 Å². The molecule has 2 N–H and O–H groups in total. The molecule has 0 unspecified atom stereocenters. The van der Waals surface area contributed by atoms with Gasteiger partial charge in [-0.1, -0.05) is 58.3 Å². The third-order valence-electron chi connectivity index (χ3n) is 4.04. The largest absolute Gasteiger partial charge is 0.509 e. The molecule has 0 radical (unpaired) electrons. The Kier molecular flexibility index (Phi) is 14.3. The van der Waals surface area contributed by atoms with Crippen LogP contribution in [0.2, 0.25) is 0 Å². The van der Waals surface area contributed by atoms with Crippen LogP contribution in [0.4, 0.5) is 0 Å². The zero-order valence-electron chi connectivity index (χ0n) is 14.7. The van der Waals surface area contributed by atoms with Crippen LogP contribution in [0, 0.1) is 0 Å². The average Bonchev–Trinajstić information content (AvgIpc) is 2.49. The Hall–Kier alpha value is -0.990. The van der Waals surface area contributed by atoms with Gasteiger partial charge in [0.05, 0.1) is 0 Å². The van der Waals surface area contributed by atoms with E-state index in [0.29, 0.717) is 19.3 Å². The van der Waals surface area contributed by atoms with E-state index in [-0.39, 0.29) is 17.3 Å². The number of aliphatic hydroxyl groups excluding tert-OH is 2. The lowest BCUT2D eigenvalue weighted by molar-refractivity contribution is -0.117. The van der Waals surface area contributed by atoms with Crippen molar-refractivity contribution in [3.8, 4) is 0 Å². The molecule has 0 aromatic carbocycles. The van der Waals surface area contributed by atoms with Crippen LogP contribution >= 0.6 is 0 Å². The predicted molar refractivity (Wildman–Crippen MR) is 93.3 cm³/mol. The van der Waals surface area contributed by atoms with Gasteiger partial charge in [-0.25, -0.2) is 0 Å². The molecular formula is C19H36O3. The predicted octanol–water partition coefficient (Wildman–Crippen LogP) is 6.38. The monoisotopic (exact) mass is 312 g/mol. The summed E-state index contributed by atoms with van der Waals surface area (Å²) in [4.78, 5) is 10.8. The second-order valence-corrected chi connectivity index (χ2v) is 6.38. The first-order chi connectivity index (χ1) is 10.6. The van der Waals surface area contributed by atoms with Crippen LogP contribution < -0.4 is 0 Å². The molecule has 0 aliphatic rings. The quantitative estimate of drug-likeness (QED) is 0.272. The van der Waals surface area contributed by atoms with Crippen molar-refractivity contribution >= 4 is 5.78 Å². The molecule has 0 aliphatic heterocycles. The number of unbranched alkanes of at least 4 members (excludes halogenated alkanes) is 9. The second kappa shape index (κ2) is 14.9. The Morgan fingerprint density at radius 1 is 0.636 bits per heavy atom. The Balaban J connectivity index is 3.53. The van der Waals surface area contributed by atoms with E-state index in [1.54, 1.807) is 6.92 Å².